The average Bonchev–Trinajstić information content (AvgIpc) is 2.46. The zero-order valence-corrected chi connectivity index (χ0v) is 13.2. The molecule has 0 amide bonds. The number of hydrogen-bond acceptors (Lipinski definition) is 1. The summed E-state index contributed by atoms with van der Waals surface area (Å²) in [5.41, 5.74) is 5.39. The van der Waals surface area contributed by atoms with Crippen LogP contribution in [0.25, 0.3) is 0 Å². The highest BCUT2D eigenvalue weighted by Gasteiger charge is 1.98. The van der Waals surface area contributed by atoms with Crippen molar-refractivity contribution in [3.8, 4) is 0 Å². The average molecular weight is 318 g/mol. The van der Waals surface area contributed by atoms with Crippen LogP contribution in [0.5, 0.6) is 0 Å². The van der Waals surface area contributed by atoms with Gasteiger partial charge in [0, 0.05) is 25.1 Å². The summed E-state index contributed by atoms with van der Waals surface area (Å²) in [6.45, 7) is 0. The molecule has 0 heterocycles. The van der Waals surface area contributed by atoms with Crippen LogP contribution in [0.4, 0.5) is 5.69 Å². The summed E-state index contributed by atoms with van der Waals surface area (Å²) < 4.78 is 0. The van der Waals surface area contributed by atoms with Gasteiger partial charge in [0.1, 0.15) is 0 Å². The fourth-order valence-electron chi connectivity index (χ4n) is 2.04. The molecule has 2 rings (SSSR count). The highest BCUT2D eigenvalue weighted by atomic mass is 79.9. The molecule has 0 saturated carbocycles. The molecule has 0 aromatic heterocycles. The van der Waals surface area contributed by atoms with Crippen LogP contribution < -0.4 is 4.90 Å². The maximum absolute atomic E-state index is 3.47. The molecule has 0 radical (unpaired) electrons. The van der Waals surface area contributed by atoms with Crippen molar-refractivity contribution in [3.05, 3.63) is 65.2 Å². The molecule has 1 nitrogen and oxygen atoms in total. The Balaban J connectivity index is 1.94. The molecular formula is C17H20BrN. The Labute approximate surface area is 124 Å². The summed E-state index contributed by atoms with van der Waals surface area (Å²) in [4.78, 5) is 2.13. The summed E-state index contributed by atoms with van der Waals surface area (Å²) in [6.07, 6.45) is 2.20. The summed E-state index contributed by atoms with van der Waals surface area (Å²) in [5.74, 6) is 0. The molecule has 2 aromatic rings. The van der Waals surface area contributed by atoms with Gasteiger partial charge in [-0.2, -0.15) is 0 Å². The van der Waals surface area contributed by atoms with E-state index in [1.54, 1.807) is 0 Å². The minimum Gasteiger partial charge on any atom is -0.378 e. The lowest BCUT2D eigenvalue weighted by molar-refractivity contribution is 0.958. The largest absolute Gasteiger partial charge is 0.378 e. The van der Waals surface area contributed by atoms with E-state index in [-0.39, 0.29) is 0 Å². The Morgan fingerprint density at radius 3 is 1.58 bits per heavy atom. The Morgan fingerprint density at radius 1 is 0.737 bits per heavy atom. The van der Waals surface area contributed by atoms with E-state index in [1.807, 2.05) is 0 Å². The number of anilines is 1. The van der Waals surface area contributed by atoms with Crippen molar-refractivity contribution in [2.45, 2.75) is 18.2 Å². The van der Waals surface area contributed by atoms with E-state index in [2.05, 4.69) is 83.5 Å². The van der Waals surface area contributed by atoms with Gasteiger partial charge in [-0.3, -0.25) is 0 Å². The number of hydrogen-bond donors (Lipinski definition) is 0. The monoisotopic (exact) mass is 317 g/mol. The van der Waals surface area contributed by atoms with Crippen molar-refractivity contribution in [1.82, 2.24) is 0 Å². The van der Waals surface area contributed by atoms with Gasteiger partial charge in [0.2, 0.25) is 0 Å². The van der Waals surface area contributed by atoms with Gasteiger partial charge < -0.3 is 4.90 Å². The van der Waals surface area contributed by atoms with E-state index in [0.29, 0.717) is 0 Å². The van der Waals surface area contributed by atoms with Crippen LogP contribution in [-0.2, 0) is 18.2 Å². The second-order valence-corrected chi connectivity index (χ2v) is 5.57. The maximum Gasteiger partial charge on any atom is 0.0361 e. The van der Waals surface area contributed by atoms with Crippen LogP contribution in [-0.4, -0.2) is 14.1 Å². The van der Waals surface area contributed by atoms with Gasteiger partial charge in [0.25, 0.3) is 0 Å². The quantitative estimate of drug-likeness (QED) is 0.737. The molecule has 0 aliphatic heterocycles. The first-order chi connectivity index (χ1) is 9.19. The third kappa shape index (κ3) is 4.10. The lowest BCUT2D eigenvalue weighted by atomic mass is 10.0. The van der Waals surface area contributed by atoms with Crippen molar-refractivity contribution < 1.29 is 0 Å². The van der Waals surface area contributed by atoms with Crippen molar-refractivity contribution in [2.75, 3.05) is 19.0 Å². The van der Waals surface area contributed by atoms with E-state index in [0.717, 1.165) is 18.2 Å². The Morgan fingerprint density at radius 2 is 1.16 bits per heavy atom. The third-order valence-electron chi connectivity index (χ3n) is 3.33. The first-order valence-electron chi connectivity index (χ1n) is 6.59. The lowest BCUT2D eigenvalue weighted by Crippen LogP contribution is -2.08. The molecule has 2 aromatic carbocycles. The zero-order valence-electron chi connectivity index (χ0n) is 11.6. The van der Waals surface area contributed by atoms with Gasteiger partial charge in [0.05, 0.1) is 0 Å². The Hall–Kier alpha value is -1.28. The van der Waals surface area contributed by atoms with E-state index < -0.39 is 0 Å². The highest BCUT2D eigenvalue weighted by molar-refractivity contribution is 9.08. The van der Waals surface area contributed by atoms with Crippen LogP contribution in [0.1, 0.15) is 16.7 Å². The fraction of sp³-hybridized carbons (Fsp3) is 0.294. The Bertz CT molecular complexity index is 500. The van der Waals surface area contributed by atoms with Crippen LogP contribution in [0.2, 0.25) is 0 Å². The molecule has 0 fully saturated rings. The number of nitrogens with zero attached hydrogens (tertiary/aromatic N) is 1. The second kappa shape index (κ2) is 6.76. The standard InChI is InChI=1S/C17H20BrN/c1-19(2)17-11-9-15(10-12-17)4-3-14-5-7-16(13-18)8-6-14/h5-12H,3-4,13H2,1-2H3. The van der Waals surface area contributed by atoms with Crippen molar-refractivity contribution in [1.29, 1.82) is 0 Å². The smallest absolute Gasteiger partial charge is 0.0361 e. The van der Waals surface area contributed by atoms with Crippen LogP contribution in [0.15, 0.2) is 48.5 Å². The number of benzene rings is 2. The molecule has 100 valence electrons. The van der Waals surface area contributed by atoms with Crippen molar-refractivity contribution in [2.24, 2.45) is 0 Å². The molecule has 0 aliphatic rings. The van der Waals surface area contributed by atoms with Gasteiger partial charge >= 0.3 is 0 Å². The molecule has 0 saturated heterocycles. The van der Waals surface area contributed by atoms with Gasteiger partial charge in [0.15, 0.2) is 0 Å². The molecule has 0 unspecified atom stereocenters. The SMILES string of the molecule is CN(C)c1ccc(CCc2ccc(CBr)cc2)cc1. The van der Waals surface area contributed by atoms with E-state index in [1.165, 1.54) is 22.4 Å². The summed E-state index contributed by atoms with van der Waals surface area (Å²) in [7, 11) is 4.14. The molecular weight excluding hydrogens is 298 g/mol. The zero-order chi connectivity index (χ0) is 13.7. The first-order valence-corrected chi connectivity index (χ1v) is 7.71. The minimum atomic E-state index is 0.930. The lowest BCUT2D eigenvalue weighted by Gasteiger charge is -2.12. The third-order valence-corrected chi connectivity index (χ3v) is 3.98. The van der Waals surface area contributed by atoms with Gasteiger partial charge in [-0.1, -0.05) is 52.3 Å². The van der Waals surface area contributed by atoms with Crippen LogP contribution >= 0.6 is 15.9 Å². The summed E-state index contributed by atoms with van der Waals surface area (Å²) in [5, 5.41) is 0.930. The number of alkyl halides is 1. The predicted molar refractivity (Wildman–Crippen MR) is 87.3 cm³/mol. The second-order valence-electron chi connectivity index (χ2n) is 5.01. The normalized spacial score (nSPS) is 10.5. The van der Waals surface area contributed by atoms with E-state index in [4.69, 9.17) is 0 Å². The summed E-state index contributed by atoms with van der Waals surface area (Å²) in [6, 6.07) is 17.7. The van der Waals surface area contributed by atoms with Crippen molar-refractivity contribution in [3.63, 3.8) is 0 Å². The number of rotatable bonds is 5. The fourth-order valence-corrected chi connectivity index (χ4v) is 2.42. The van der Waals surface area contributed by atoms with Gasteiger partial charge in [-0.15, -0.1) is 0 Å². The minimum absolute atomic E-state index is 0.930. The van der Waals surface area contributed by atoms with Gasteiger partial charge in [-0.05, 0) is 41.7 Å². The molecule has 0 bridgehead atoms. The first kappa shape index (κ1) is 14.1. The van der Waals surface area contributed by atoms with E-state index >= 15 is 0 Å². The number of aryl methyl sites for hydroxylation is 2. The molecule has 0 N–H and O–H groups in total. The van der Waals surface area contributed by atoms with Crippen LogP contribution in [0, 0.1) is 0 Å². The molecule has 19 heavy (non-hydrogen) atoms. The predicted octanol–water partition coefficient (Wildman–Crippen LogP) is 4.43. The maximum atomic E-state index is 3.47. The molecule has 2 heteroatoms. The summed E-state index contributed by atoms with van der Waals surface area (Å²) >= 11 is 3.47. The molecule has 0 aliphatic carbocycles. The topological polar surface area (TPSA) is 3.24 Å². The molecule has 0 atom stereocenters. The highest BCUT2D eigenvalue weighted by Crippen LogP contribution is 2.15. The molecule has 0 spiro atoms. The van der Waals surface area contributed by atoms with Crippen LogP contribution in [0.3, 0.4) is 0 Å². The van der Waals surface area contributed by atoms with E-state index in [9.17, 15) is 0 Å². The Kier molecular flexibility index (Phi) is 5.03. The van der Waals surface area contributed by atoms with Gasteiger partial charge in [-0.25, -0.2) is 0 Å². The number of halogens is 1. The van der Waals surface area contributed by atoms with Crippen molar-refractivity contribution >= 4 is 21.6 Å².